The lowest BCUT2D eigenvalue weighted by atomic mass is 10.1. The average Bonchev–Trinajstić information content (AvgIpc) is 2.85. The lowest BCUT2D eigenvalue weighted by molar-refractivity contribution is 0.0746. The van der Waals surface area contributed by atoms with E-state index in [-0.39, 0.29) is 10.8 Å². The van der Waals surface area contributed by atoms with Gasteiger partial charge >= 0.3 is 0 Å². The van der Waals surface area contributed by atoms with Gasteiger partial charge in [-0.3, -0.25) is 9.52 Å². The SMILES string of the molecule is CCCc1ccc(NS(=O)(=O)c2ccc(C)c(C(=O)N3CCN(c4ccccc4)CC3)c2)cc1. The summed E-state index contributed by atoms with van der Waals surface area (Å²) in [7, 11) is -3.82. The molecule has 0 unspecified atom stereocenters. The van der Waals surface area contributed by atoms with Crippen molar-refractivity contribution in [3.63, 3.8) is 0 Å². The molecule has 0 bridgehead atoms. The normalized spacial score (nSPS) is 14.2. The molecule has 0 aromatic heterocycles. The van der Waals surface area contributed by atoms with Crippen LogP contribution in [0.3, 0.4) is 0 Å². The van der Waals surface area contributed by atoms with Crippen molar-refractivity contribution in [1.29, 1.82) is 0 Å². The van der Waals surface area contributed by atoms with E-state index < -0.39 is 10.0 Å². The second kappa shape index (κ2) is 10.3. The highest BCUT2D eigenvalue weighted by Crippen LogP contribution is 2.22. The lowest BCUT2D eigenvalue weighted by Crippen LogP contribution is -2.49. The zero-order chi connectivity index (χ0) is 24.1. The van der Waals surface area contributed by atoms with Crippen molar-refractivity contribution < 1.29 is 13.2 Å². The molecular weight excluding hydrogens is 446 g/mol. The summed E-state index contributed by atoms with van der Waals surface area (Å²) in [4.78, 5) is 17.4. The number of carbonyl (C=O) groups excluding carboxylic acids is 1. The number of nitrogens with zero attached hydrogens (tertiary/aromatic N) is 2. The molecule has 0 saturated carbocycles. The summed E-state index contributed by atoms with van der Waals surface area (Å²) in [5, 5.41) is 0. The number of hydrogen-bond acceptors (Lipinski definition) is 4. The van der Waals surface area contributed by atoms with Crippen LogP contribution in [-0.2, 0) is 16.4 Å². The van der Waals surface area contributed by atoms with Gasteiger partial charge in [0.15, 0.2) is 0 Å². The predicted molar refractivity (Wildman–Crippen MR) is 137 cm³/mol. The fourth-order valence-electron chi connectivity index (χ4n) is 4.22. The van der Waals surface area contributed by atoms with Crippen LogP contribution in [0, 0.1) is 6.92 Å². The van der Waals surface area contributed by atoms with Gasteiger partial charge in [0.05, 0.1) is 4.90 Å². The van der Waals surface area contributed by atoms with Crippen LogP contribution in [0.4, 0.5) is 11.4 Å². The number of carbonyl (C=O) groups is 1. The number of amides is 1. The van der Waals surface area contributed by atoms with Gasteiger partial charge in [0.1, 0.15) is 0 Å². The molecule has 1 amide bonds. The zero-order valence-electron chi connectivity index (χ0n) is 19.7. The Kier molecular flexibility index (Phi) is 7.22. The monoisotopic (exact) mass is 477 g/mol. The van der Waals surface area contributed by atoms with Gasteiger partial charge in [-0.15, -0.1) is 0 Å². The number of anilines is 2. The van der Waals surface area contributed by atoms with Crippen LogP contribution in [0.1, 0.15) is 34.8 Å². The third-order valence-corrected chi connectivity index (χ3v) is 7.56. The van der Waals surface area contributed by atoms with E-state index in [0.29, 0.717) is 24.3 Å². The highest BCUT2D eigenvalue weighted by molar-refractivity contribution is 7.92. The molecule has 1 aliphatic heterocycles. The Labute approximate surface area is 202 Å². The number of hydrogen-bond donors (Lipinski definition) is 1. The molecule has 178 valence electrons. The van der Waals surface area contributed by atoms with E-state index in [9.17, 15) is 13.2 Å². The topological polar surface area (TPSA) is 69.7 Å². The lowest BCUT2D eigenvalue weighted by Gasteiger charge is -2.36. The second-order valence-electron chi connectivity index (χ2n) is 8.64. The number of piperazine rings is 1. The summed E-state index contributed by atoms with van der Waals surface area (Å²) < 4.78 is 28.7. The van der Waals surface area contributed by atoms with Crippen molar-refractivity contribution in [3.8, 4) is 0 Å². The van der Waals surface area contributed by atoms with E-state index in [1.165, 1.54) is 11.6 Å². The summed E-state index contributed by atoms with van der Waals surface area (Å²) in [5.41, 5.74) is 4.01. The molecule has 0 aliphatic carbocycles. The van der Waals surface area contributed by atoms with Gasteiger partial charge in [-0.05, 0) is 60.9 Å². The second-order valence-corrected chi connectivity index (χ2v) is 10.3. The first-order chi connectivity index (χ1) is 16.4. The molecule has 1 fully saturated rings. The number of nitrogens with one attached hydrogen (secondary N) is 1. The van der Waals surface area contributed by atoms with Crippen LogP contribution in [0.15, 0.2) is 77.7 Å². The van der Waals surface area contributed by atoms with Gasteiger partial charge in [-0.1, -0.05) is 49.7 Å². The zero-order valence-corrected chi connectivity index (χ0v) is 20.5. The fraction of sp³-hybridized carbons (Fsp3) is 0.296. The number of aryl methyl sites for hydroxylation is 2. The summed E-state index contributed by atoms with van der Waals surface area (Å²) in [6, 6.07) is 22.3. The molecule has 3 aromatic rings. The van der Waals surface area contributed by atoms with Crippen molar-refractivity contribution >= 4 is 27.3 Å². The van der Waals surface area contributed by atoms with Crippen LogP contribution in [0.25, 0.3) is 0 Å². The number of sulfonamides is 1. The summed E-state index contributed by atoms with van der Waals surface area (Å²) in [5.74, 6) is -0.133. The quantitative estimate of drug-likeness (QED) is 0.535. The van der Waals surface area contributed by atoms with E-state index >= 15 is 0 Å². The highest BCUT2D eigenvalue weighted by Gasteiger charge is 2.25. The molecule has 4 rings (SSSR count). The number of rotatable bonds is 7. The first-order valence-corrected chi connectivity index (χ1v) is 13.2. The summed E-state index contributed by atoms with van der Waals surface area (Å²) in [6.07, 6.45) is 1.99. The Morgan fingerprint density at radius 2 is 1.59 bits per heavy atom. The predicted octanol–water partition coefficient (Wildman–Crippen LogP) is 4.71. The van der Waals surface area contributed by atoms with Crippen LogP contribution in [-0.4, -0.2) is 45.4 Å². The Balaban J connectivity index is 1.47. The summed E-state index contributed by atoms with van der Waals surface area (Å²) in [6.45, 7) is 6.60. The minimum atomic E-state index is -3.82. The molecule has 34 heavy (non-hydrogen) atoms. The molecule has 6 nitrogen and oxygen atoms in total. The van der Waals surface area contributed by atoms with Gasteiger partial charge < -0.3 is 9.80 Å². The first-order valence-electron chi connectivity index (χ1n) is 11.7. The van der Waals surface area contributed by atoms with Crippen molar-refractivity contribution in [3.05, 3.63) is 89.5 Å². The van der Waals surface area contributed by atoms with Crippen molar-refractivity contribution in [2.24, 2.45) is 0 Å². The standard InChI is InChI=1S/C27H31N3O3S/c1-3-7-22-11-13-23(14-12-22)28-34(32,33)25-15-10-21(2)26(20-25)27(31)30-18-16-29(17-19-30)24-8-5-4-6-9-24/h4-6,8-15,20,28H,3,7,16-19H2,1-2H3. The Bertz CT molecular complexity index is 1230. The number of para-hydroxylation sites is 1. The molecule has 1 aliphatic rings. The molecule has 0 atom stereocenters. The third kappa shape index (κ3) is 5.42. The van der Waals surface area contributed by atoms with E-state index in [4.69, 9.17) is 0 Å². The van der Waals surface area contributed by atoms with Crippen LogP contribution >= 0.6 is 0 Å². The van der Waals surface area contributed by atoms with Crippen molar-refractivity contribution in [2.45, 2.75) is 31.6 Å². The molecular formula is C27H31N3O3S. The molecule has 1 N–H and O–H groups in total. The largest absolute Gasteiger partial charge is 0.368 e. The molecule has 0 radical (unpaired) electrons. The Morgan fingerprint density at radius 3 is 2.24 bits per heavy atom. The van der Waals surface area contributed by atoms with Crippen molar-refractivity contribution in [1.82, 2.24) is 4.90 Å². The van der Waals surface area contributed by atoms with Gasteiger partial charge in [0.2, 0.25) is 0 Å². The molecule has 1 saturated heterocycles. The molecule has 7 heteroatoms. The maximum Gasteiger partial charge on any atom is 0.261 e. The molecule has 1 heterocycles. The van der Waals surface area contributed by atoms with Crippen LogP contribution in [0.2, 0.25) is 0 Å². The smallest absolute Gasteiger partial charge is 0.261 e. The molecule has 3 aromatic carbocycles. The van der Waals surface area contributed by atoms with Gasteiger partial charge in [-0.2, -0.15) is 0 Å². The van der Waals surface area contributed by atoms with E-state index in [0.717, 1.165) is 37.2 Å². The van der Waals surface area contributed by atoms with Gasteiger partial charge in [-0.25, -0.2) is 8.42 Å². The maximum absolute atomic E-state index is 13.3. The maximum atomic E-state index is 13.3. The van der Waals surface area contributed by atoms with E-state index in [1.807, 2.05) is 37.3 Å². The van der Waals surface area contributed by atoms with Crippen LogP contribution in [0.5, 0.6) is 0 Å². The van der Waals surface area contributed by atoms with Gasteiger partial charge in [0, 0.05) is 43.1 Å². The van der Waals surface area contributed by atoms with E-state index in [2.05, 4.69) is 28.7 Å². The van der Waals surface area contributed by atoms with Crippen LogP contribution < -0.4 is 9.62 Å². The van der Waals surface area contributed by atoms with E-state index in [1.54, 1.807) is 29.2 Å². The minimum absolute atomic E-state index is 0.0852. The first kappa shape index (κ1) is 23.8. The highest BCUT2D eigenvalue weighted by atomic mass is 32.2. The fourth-order valence-corrected chi connectivity index (χ4v) is 5.30. The minimum Gasteiger partial charge on any atom is -0.368 e. The number of benzene rings is 3. The summed E-state index contributed by atoms with van der Waals surface area (Å²) >= 11 is 0. The average molecular weight is 478 g/mol. The third-order valence-electron chi connectivity index (χ3n) is 6.18. The van der Waals surface area contributed by atoms with Gasteiger partial charge in [0.25, 0.3) is 15.9 Å². The van der Waals surface area contributed by atoms with Crippen molar-refractivity contribution in [2.75, 3.05) is 35.8 Å². The molecule has 0 spiro atoms. The Hall–Kier alpha value is -3.32. The Morgan fingerprint density at radius 1 is 0.912 bits per heavy atom.